The largest absolute Gasteiger partial charge is 0.481 e. The number of ether oxygens (including phenoxy) is 2. The molecule has 4 heterocycles. The van der Waals surface area contributed by atoms with Crippen LogP contribution in [0.1, 0.15) is 62.9 Å². The van der Waals surface area contributed by atoms with Crippen LogP contribution in [0.4, 0.5) is 5.95 Å². The molecule has 3 atom stereocenters. The highest BCUT2D eigenvalue weighted by Crippen LogP contribution is 2.31. The van der Waals surface area contributed by atoms with E-state index in [2.05, 4.69) is 40.0 Å². The molecule has 0 aromatic carbocycles. The highest BCUT2D eigenvalue weighted by molar-refractivity contribution is 7.93. The normalized spacial score (nSPS) is 14.3. The van der Waals surface area contributed by atoms with Crippen molar-refractivity contribution in [2.24, 2.45) is 0 Å². The summed E-state index contributed by atoms with van der Waals surface area (Å²) in [5.41, 5.74) is 1.24. The van der Waals surface area contributed by atoms with Crippen molar-refractivity contribution in [1.82, 2.24) is 39.9 Å². The topological polar surface area (TPSA) is 173 Å². The zero-order valence-electron chi connectivity index (χ0n) is 22.7. The highest BCUT2D eigenvalue weighted by Gasteiger charge is 2.36. The molecule has 4 aromatic heterocycles. The molecule has 0 spiro atoms. The predicted molar refractivity (Wildman–Crippen MR) is 140 cm³/mol. The van der Waals surface area contributed by atoms with Gasteiger partial charge in [0.2, 0.25) is 27.7 Å². The fourth-order valence-electron chi connectivity index (χ4n) is 3.76. The third-order valence-corrected chi connectivity index (χ3v) is 7.46. The first-order valence-corrected chi connectivity index (χ1v) is 13.8. The van der Waals surface area contributed by atoms with E-state index in [1.54, 1.807) is 44.4 Å². The lowest BCUT2D eigenvalue weighted by atomic mass is 10.2. The van der Waals surface area contributed by atoms with Crippen molar-refractivity contribution in [2.75, 3.05) is 11.8 Å². The van der Waals surface area contributed by atoms with Crippen molar-refractivity contribution in [3.63, 3.8) is 0 Å². The summed E-state index contributed by atoms with van der Waals surface area (Å²) in [6, 6.07) is 4.47. The summed E-state index contributed by atoms with van der Waals surface area (Å²) in [6.45, 7) is 10.4. The quantitative estimate of drug-likeness (QED) is 0.286. The van der Waals surface area contributed by atoms with Gasteiger partial charge in [0, 0.05) is 18.5 Å². The molecule has 1 N–H and O–H groups in total. The number of anilines is 1. The van der Waals surface area contributed by atoms with Crippen LogP contribution >= 0.6 is 0 Å². The van der Waals surface area contributed by atoms with Gasteiger partial charge in [-0.2, -0.15) is 4.98 Å². The number of aryl methyl sites for hydroxylation is 2. The molecule has 1 unspecified atom stereocenters. The van der Waals surface area contributed by atoms with E-state index in [4.69, 9.17) is 14.0 Å². The molecular formula is C24H31N9O5S. The maximum Gasteiger partial charge on any atom is 0.249 e. The summed E-state index contributed by atoms with van der Waals surface area (Å²) in [5.74, 6) is 1.46. The Labute approximate surface area is 226 Å². The van der Waals surface area contributed by atoms with Gasteiger partial charge in [0.15, 0.2) is 17.5 Å². The number of hydrogen-bond acceptors (Lipinski definition) is 12. The lowest BCUT2D eigenvalue weighted by Gasteiger charge is -2.25. The second-order valence-corrected chi connectivity index (χ2v) is 11.3. The first-order valence-electron chi connectivity index (χ1n) is 12.2. The third kappa shape index (κ3) is 6.20. The lowest BCUT2D eigenvalue weighted by molar-refractivity contribution is 0.00152. The van der Waals surface area contributed by atoms with E-state index in [0.717, 1.165) is 5.56 Å². The molecule has 0 amide bonds. The number of nitrogens with zero attached hydrogens (tertiary/aromatic N) is 8. The van der Waals surface area contributed by atoms with Gasteiger partial charge in [0.05, 0.1) is 13.2 Å². The molecule has 0 bridgehead atoms. The van der Waals surface area contributed by atoms with Gasteiger partial charge in [-0.05, 0) is 53.2 Å². The summed E-state index contributed by atoms with van der Waals surface area (Å²) < 4.78 is 48.1. The van der Waals surface area contributed by atoms with Crippen LogP contribution in [-0.4, -0.2) is 66.7 Å². The van der Waals surface area contributed by atoms with Crippen LogP contribution in [0.15, 0.2) is 35.1 Å². The Morgan fingerprint density at radius 3 is 2.36 bits per heavy atom. The molecule has 0 fully saturated rings. The molecule has 39 heavy (non-hydrogen) atoms. The van der Waals surface area contributed by atoms with Gasteiger partial charge >= 0.3 is 0 Å². The van der Waals surface area contributed by atoms with Crippen molar-refractivity contribution in [1.29, 1.82) is 0 Å². The summed E-state index contributed by atoms with van der Waals surface area (Å²) in [5, 5.41) is 11.1. The Balaban J connectivity index is 1.75. The number of nitrogens with one attached hydrogen (secondary N) is 1. The van der Waals surface area contributed by atoms with Gasteiger partial charge in [0.25, 0.3) is 0 Å². The van der Waals surface area contributed by atoms with E-state index < -0.39 is 27.4 Å². The van der Waals surface area contributed by atoms with Crippen LogP contribution in [0.5, 0.6) is 5.88 Å². The summed E-state index contributed by atoms with van der Waals surface area (Å²) in [6.07, 6.45) is 2.00. The van der Waals surface area contributed by atoms with E-state index in [-0.39, 0.29) is 29.6 Å². The van der Waals surface area contributed by atoms with E-state index in [1.165, 1.54) is 18.6 Å². The molecule has 0 aliphatic heterocycles. The summed E-state index contributed by atoms with van der Waals surface area (Å²) in [4.78, 5) is 17.4. The second-order valence-electron chi connectivity index (χ2n) is 9.21. The number of hydrogen-bond donors (Lipinski definition) is 1. The molecule has 14 nitrogen and oxygen atoms in total. The number of sulfonamides is 1. The van der Waals surface area contributed by atoms with Crippen molar-refractivity contribution >= 4 is 16.0 Å². The van der Waals surface area contributed by atoms with Gasteiger partial charge in [0.1, 0.15) is 23.1 Å². The van der Waals surface area contributed by atoms with Crippen LogP contribution in [0.3, 0.4) is 0 Å². The molecule has 4 rings (SSSR count). The smallest absolute Gasteiger partial charge is 0.249 e. The Bertz CT molecular complexity index is 1520. The standard InChI is InChI=1S/C24H31N9O5S/c1-13(2)37-20(21-25-11-14(3)12-26-21)16(5)39(34,35)32-24-30-29-22(18-9-8-10-19(28-18)36-7)33(24)15(4)23-27-17(6)31-38-23/h8-13,15-16,20H,1-7H3,(H,30,32)/t15-,16-,20?/m0/s1. The molecule has 4 aromatic rings. The van der Waals surface area contributed by atoms with Crippen LogP contribution in [-0.2, 0) is 14.8 Å². The van der Waals surface area contributed by atoms with E-state index >= 15 is 0 Å². The second kappa shape index (κ2) is 11.4. The zero-order chi connectivity index (χ0) is 28.3. The van der Waals surface area contributed by atoms with Crippen molar-refractivity contribution in [2.45, 2.75) is 65.0 Å². The fourth-order valence-corrected chi connectivity index (χ4v) is 4.85. The van der Waals surface area contributed by atoms with Crippen LogP contribution in [0.25, 0.3) is 11.5 Å². The zero-order valence-corrected chi connectivity index (χ0v) is 23.5. The monoisotopic (exact) mass is 557 g/mol. The molecule has 0 radical (unpaired) electrons. The maximum atomic E-state index is 13.7. The van der Waals surface area contributed by atoms with Gasteiger partial charge in [-0.25, -0.2) is 23.4 Å². The number of pyridine rings is 1. The third-order valence-electron chi connectivity index (χ3n) is 5.77. The van der Waals surface area contributed by atoms with Crippen molar-refractivity contribution < 1.29 is 22.4 Å². The van der Waals surface area contributed by atoms with Gasteiger partial charge < -0.3 is 14.0 Å². The molecule has 0 saturated carbocycles. The van der Waals surface area contributed by atoms with Gasteiger partial charge in [-0.15, -0.1) is 10.2 Å². The maximum absolute atomic E-state index is 13.7. The lowest BCUT2D eigenvalue weighted by Crippen LogP contribution is -2.35. The Morgan fingerprint density at radius 2 is 1.74 bits per heavy atom. The summed E-state index contributed by atoms with van der Waals surface area (Å²) in [7, 11) is -2.63. The minimum absolute atomic E-state index is 0.0713. The molecule has 208 valence electrons. The predicted octanol–water partition coefficient (Wildman–Crippen LogP) is 3.04. The summed E-state index contributed by atoms with van der Waals surface area (Å²) >= 11 is 0. The molecule has 0 aliphatic rings. The molecule has 0 saturated heterocycles. The van der Waals surface area contributed by atoms with E-state index in [9.17, 15) is 8.42 Å². The number of rotatable bonds is 11. The number of aromatic nitrogens is 8. The minimum Gasteiger partial charge on any atom is -0.481 e. The molecular weight excluding hydrogens is 526 g/mol. The van der Waals surface area contributed by atoms with Crippen LogP contribution in [0.2, 0.25) is 0 Å². The van der Waals surface area contributed by atoms with Gasteiger partial charge in [-0.1, -0.05) is 11.2 Å². The van der Waals surface area contributed by atoms with E-state index in [0.29, 0.717) is 17.4 Å². The fraction of sp³-hybridized carbons (Fsp3) is 0.458. The van der Waals surface area contributed by atoms with E-state index in [1.807, 2.05) is 20.8 Å². The molecule has 15 heteroatoms. The average Bonchev–Trinajstić information content (AvgIpc) is 3.53. The Morgan fingerprint density at radius 1 is 1.03 bits per heavy atom. The average molecular weight is 558 g/mol. The Kier molecular flexibility index (Phi) is 8.20. The van der Waals surface area contributed by atoms with Crippen molar-refractivity contribution in [3.8, 4) is 17.4 Å². The first kappa shape index (κ1) is 28.0. The highest BCUT2D eigenvalue weighted by atomic mass is 32.2. The minimum atomic E-state index is -4.12. The molecule has 0 aliphatic carbocycles. The Hall–Kier alpha value is -3.98. The SMILES string of the molecule is COc1cccc(-c2nnc(NS(=O)(=O)[C@@H](C)C(OC(C)C)c3ncc(C)cn3)n2[C@@H](C)c2nc(C)no2)n1. The van der Waals surface area contributed by atoms with Crippen molar-refractivity contribution in [3.05, 3.63) is 53.7 Å². The van der Waals surface area contributed by atoms with Crippen LogP contribution in [0, 0.1) is 13.8 Å². The first-order chi connectivity index (χ1) is 18.5. The van der Waals surface area contributed by atoms with Crippen LogP contribution < -0.4 is 9.46 Å². The number of methoxy groups -OCH3 is 1. The van der Waals surface area contributed by atoms with Gasteiger partial charge in [-0.3, -0.25) is 9.29 Å².